The van der Waals surface area contributed by atoms with E-state index in [0.29, 0.717) is 11.8 Å². The van der Waals surface area contributed by atoms with Crippen LogP contribution in [0, 0.1) is 19.8 Å². The molecule has 1 aliphatic heterocycles. The lowest BCUT2D eigenvalue weighted by Crippen LogP contribution is -2.41. The van der Waals surface area contributed by atoms with Crippen molar-refractivity contribution < 1.29 is 4.79 Å². The van der Waals surface area contributed by atoms with Crippen molar-refractivity contribution in [3.8, 4) is 5.69 Å². The summed E-state index contributed by atoms with van der Waals surface area (Å²) in [4.78, 5) is 17.1. The highest BCUT2D eigenvalue weighted by atomic mass is 16.2. The summed E-state index contributed by atoms with van der Waals surface area (Å²) < 4.78 is 2.01. The minimum Gasteiger partial charge on any atom is -0.341 e. The van der Waals surface area contributed by atoms with E-state index in [1.54, 1.807) is 0 Å². The van der Waals surface area contributed by atoms with Crippen molar-refractivity contribution in [2.45, 2.75) is 46.1 Å². The van der Waals surface area contributed by atoms with E-state index in [9.17, 15) is 4.79 Å². The molecule has 1 saturated carbocycles. The fourth-order valence-corrected chi connectivity index (χ4v) is 4.20. The SMILES string of the molecule is Cc1cc(C)n(-c2cccc(CN3CCCN(C(=O)C4CCC4)CC3)c2)n1. The van der Waals surface area contributed by atoms with E-state index in [2.05, 4.69) is 52.2 Å². The van der Waals surface area contributed by atoms with E-state index < -0.39 is 0 Å². The molecule has 1 amide bonds. The van der Waals surface area contributed by atoms with E-state index in [4.69, 9.17) is 0 Å². The molecule has 144 valence electrons. The molecule has 5 heteroatoms. The number of hydrogen-bond acceptors (Lipinski definition) is 3. The lowest BCUT2D eigenvalue weighted by molar-refractivity contribution is -0.138. The molecule has 0 spiro atoms. The Hall–Kier alpha value is -2.14. The molecule has 2 aromatic rings. The monoisotopic (exact) mass is 366 g/mol. The second-order valence-electron chi connectivity index (χ2n) is 8.09. The smallest absolute Gasteiger partial charge is 0.225 e. The Kier molecular flexibility index (Phi) is 5.30. The van der Waals surface area contributed by atoms with Crippen molar-refractivity contribution in [3.05, 3.63) is 47.3 Å². The van der Waals surface area contributed by atoms with Crippen LogP contribution in [0.5, 0.6) is 0 Å². The van der Waals surface area contributed by atoms with Crippen LogP contribution in [0.3, 0.4) is 0 Å². The molecule has 0 atom stereocenters. The van der Waals surface area contributed by atoms with Crippen molar-refractivity contribution >= 4 is 5.91 Å². The minimum atomic E-state index is 0.314. The molecule has 1 saturated heterocycles. The van der Waals surface area contributed by atoms with E-state index in [1.165, 1.54) is 12.0 Å². The van der Waals surface area contributed by atoms with Gasteiger partial charge in [0.05, 0.1) is 11.4 Å². The van der Waals surface area contributed by atoms with Gasteiger partial charge >= 0.3 is 0 Å². The van der Waals surface area contributed by atoms with Gasteiger partial charge in [-0.15, -0.1) is 0 Å². The van der Waals surface area contributed by atoms with Crippen molar-refractivity contribution in [1.82, 2.24) is 19.6 Å². The first-order valence-electron chi connectivity index (χ1n) is 10.2. The van der Waals surface area contributed by atoms with Gasteiger partial charge in [-0.1, -0.05) is 18.6 Å². The van der Waals surface area contributed by atoms with Crippen molar-refractivity contribution in [2.24, 2.45) is 5.92 Å². The fourth-order valence-electron chi connectivity index (χ4n) is 4.20. The third-order valence-corrected chi connectivity index (χ3v) is 5.93. The van der Waals surface area contributed by atoms with Gasteiger partial charge in [-0.2, -0.15) is 5.10 Å². The maximum atomic E-state index is 12.5. The summed E-state index contributed by atoms with van der Waals surface area (Å²) in [5.74, 6) is 0.712. The highest BCUT2D eigenvalue weighted by molar-refractivity contribution is 5.79. The van der Waals surface area contributed by atoms with Gasteiger partial charge in [0.2, 0.25) is 5.91 Å². The number of aryl methyl sites for hydroxylation is 2. The average Bonchev–Trinajstić information content (AvgIpc) is 2.79. The first kappa shape index (κ1) is 18.2. The predicted molar refractivity (Wildman–Crippen MR) is 107 cm³/mol. The number of nitrogens with zero attached hydrogens (tertiary/aromatic N) is 4. The van der Waals surface area contributed by atoms with E-state index in [1.807, 2.05) is 11.6 Å². The Morgan fingerprint density at radius 3 is 2.63 bits per heavy atom. The standard InChI is InChI=1S/C22H30N4O/c1-17-14-18(2)26(23-17)21-9-3-6-19(15-21)16-24-10-5-11-25(13-12-24)22(27)20-7-4-8-20/h3,6,9,14-15,20H,4-5,7-8,10-13,16H2,1-2H3. The summed E-state index contributed by atoms with van der Waals surface area (Å²) in [5.41, 5.74) is 4.62. The van der Waals surface area contributed by atoms with Gasteiger partial charge in [0.1, 0.15) is 0 Å². The summed E-state index contributed by atoms with van der Waals surface area (Å²) in [6.45, 7) is 8.85. The molecule has 0 bridgehead atoms. The highest BCUT2D eigenvalue weighted by Gasteiger charge is 2.30. The molecule has 2 heterocycles. The van der Waals surface area contributed by atoms with Crippen molar-refractivity contribution in [2.75, 3.05) is 26.2 Å². The van der Waals surface area contributed by atoms with Crippen LogP contribution in [0.2, 0.25) is 0 Å². The molecular formula is C22H30N4O. The summed E-state index contributed by atoms with van der Waals surface area (Å²) in [6.07, 6.45) is 4.48. The van der Waals surface area contributed by atoms with Gasteiger partial charge in [-0.25, -0.2) is 4.68 Å². The molecule has 2 fully saturated rings. The van der Waals surface area contributed by atoms with E-state index in [-0.39, 0.29) is 0 Å². The molecule has 2 aliphatic rings. The lowest BCUT2D eigenvalue weighted by atomic mass is 9.84. The molecule has 0 unspecified atom stereocenters. The fraction of sp³-hybridized carbons (Fsp3) is 0.545. The van der Waals surface area contributed by atoms with Crippen molar-refractivity contribution in [3.63, 3.8) is 0 Å². The minimum absolute atomic E-state index is 0.314. The molecule has 4 rings (SSSR count). The molecule has 1 aromatic heterocycles. The number of carbonyl (C=O) groups is 1. The zero-order chi connectivity index (χ0) is 18.8. The van der Waals surface area contributed by atoms with Gasteiger partial charge in [0.25, 0.3) is 0 Å². The molecule has 1 aliphatic carbocycles. The first-order chi connectivity index (χ1) is 13.1. The highest BCUT2D eigenvalue weighted by Crippen LogP contribution is 2.28. The Morgan fingerprint density at radius 1 is 1.07 bits per heavy atom. The molecular weight excluding hydrogens is 336 g/mol. The Bertz CT molecular complexity index is 808. The Balaban J connectivity index is 1.40. The second-order valence-corrected chi connectivity index (χ2v) is 8.09. The average molecular weight is 367 g/mol. The molecule has 0 N–H and O–H groups in total. The number of amides is 1. The predicted octanol–water partition coefficient (Wildman–Crippen LogP) is 3.32. The van der Waals surface area contributed by atoms with Crippen molar-refractivity contribution in [1.29, 1.82) is 0 Å². The molecule has 27 heavy (non-hydrogen) atoms. The largest absolute Gasteiger partial charge is 0.341 e. The molecule has 5 nitrogen and oxygen atoms in total. The topological polar surface area (TPSA) is 41.4 Å². The number of aromatic nitrogens is 2. The first-order valence-corrected chi connectivity index (χ1v) is 10.2. The second kappa shape index (κ2) is 7.85. The normalized spacial score (nSPS) is 19.0. The van der Waals surface area contributed by atoms with Crippen LogP contribution >= 0.6 is 0 Å². The van der Waals surface area contributed by atoms with Gasteiger partial charge in [0.15, 0.2) is 0 Å². The Labute approximate surface area is 162 Å². The zero-order valence-corrected chi connectivity index (χ0v) is 16.5. The third kappa shape index (κ3) is 4.08. The van der Waals surface area contributed by atoms with Crippen LogP contribution in [-0.2, 0) is 11.3 Å². The van der Waals surface area contributed by atoms with Crippen LogP contribution in [0.25, 0.3) is 5.69 Å². The summed E-state index contributed by atoms with van der Waals surface area (Å²) in [7, 11) is 0. The lowest BCUT2D eigenvalue weighted by Gasteiger charge is -2.31. The van der Waals surface area contributed by atoms with Gasteiger partial charge in [0, 0.05) is 44.3 Å². The van der Waals surface area contributed by atoms with Crippen LogP contribution in [0.1, 0.15) is 42.6 Å². The number of carbonyl (C=O) groups excluding carboxylic acids is 1. The van der Waals surface area contributed by atoms with Gasteiger partial charge in [-0.05, 0) is 56.9 Å². The van der Waals surface area contributed by atoms with Crippen LogP contribution in [-0.4, -0.2) is 51.7 Å². The van der Waals surface area contributed by atoms with Gasteiger partial charge in [-0.3, -0.25) is 9.69 Å². The van der Waals surface area contributed by atoms with E-state index >= 15 is 0 Å². The third-order valence-electron chi connectivity index (χ3n) is 5.93. The van der Waals surface area contributed by atoms with E-state index in [0.717, 1.165) is 69.1 Å². The number of hydrogen-bond donors (Lipinski definition) is 0. The number of benzene rings is 1. The number of rotatable bonds is 4. The van der Waals surface area contributed by atoms with Crippen LogP contribution < -0.4 is 0 Å². The zero-order valence-electron chi connectivity index (χ0n) is 16.5. The quantitative estimate of drug-likeness (QED) is 0.833. The Morgan fingerprint density at radius 2 is 1.93 bits per heavy atom. The molecule has 0 radical (unpaired) electrons. The van der Waals surface area contributed by atoms with Gasteiger partial charge < -0.3 is 4.90 Å². The summed E-state index contributed by atoms with van der Waals surface area (Å²) in [6, 6.07) is 10.8. The summed E-state index contributed by atoms with van der Waals surface area (Å²) >= 11 is 0. The van der Waals surface area contributed by atoms with Crippen LogP contribution in [0.4, 0.5) is 0 Å². The summed E-state index contributed by atoms with van der Waals surface area (Å²) in [5, 5.41) is 4.60. The molecule has 1 aromatic carbocycles. The van der Waals surface area contributed by atoms with Crippen LogP contribution in [0.15, 0.2) is 30.3 Å². The maximum absolute atomic E-state index is 12.5. The maximum Gasteiger partial charge on any atom is 0.225 e.